The van der Waals surface area contributed by atoms with Crippen molar-refractivity contribution in [2.45, 2.75) is 25.2 Å². The Morgan fingerprint density at radius 3 is 2.76 bits per heavy atom. The van der Waals surface area contributed by atoms with Gasteiger partial charge in [0, 0.05) is 35.0 Å². The zero-order valence-electron chi connectivity index (χ0n) is 12.1. The molecule has 0 aliphatic carbocycles. The molecule has 0 fully saturated rings. The predicted molar refractivity (Wildman–Crippen MR) is 89.1 cm³/mol. The standard InChI is InChI=1S/C15H19BrN2O2S/c1-15(2,7-8-16)11-18-21(19,20)14-5-3-4-12-10-17-9-6-13(12)14/h3-6,9-10,18H,7-8,11H2,1-2H3. The third-order valence-corrected chi connectivity index (χ3v) is 5.30. The first-order valence-electron chi connectivity index (χ1n) is 6.74. The first-order valence-corrected chi connectivity index (χ1v) is 9.35. The number of hydrogen-bond acceptors (Lipinski definition) is 3. The second-order valence-electron chi connectivity index (χ2n) is 5.78. The van der Waals surface area contributed by atoms with Crippen LogP contribution in [0.5, 0.6) is 0 Å². The molecule has 2 rings (SSSR count). The minimum atomic E-state index is -3.53. The molecule has 21 heavy (non-hydrogen) atoms. The Hall–Kier alpha value is -0.980. The lowest BCUT2D eigenvalue weighted by Gasteiger charge is -2.24. The van der Waals surface area contributed by atoms with Gasteiger partial charge in [-0.25, -0.2) is 13.1 Å². The molecule has 1 aromatic carbocycles. The van der Waals surface area contributed by atoms with Gasteiger partial charge in [-0.2, -0.15) is 0 Å². The zero-order valence-corrected chi connectivity index (χ0v) is 14.5. The molecule has 4 nitrogen and oxygen atoms in total. The molecule has 0 aliphatic heterocycles. The first-order chi connectivity index (χ1) is 9.86. The molecule has 0 atom stereocenters. The lowest BCUT2D eigenvalue weighted by Crippen LogP contribution is -2.34. The van der Waals surface area contributed by atoms with Crippen LogP contribution in [0.1, 0.15) is 20.3 Å². The highest BCUT2D eigenvalue weighted by Gasteiger charge is 2.23. The second kappa shape index (κ2) is 6.42. The number of aromatic nitrogens is 1. The number of alkyl halides is 1. The summed E-state index contributed by atoms with van der Waals surface area (Å²) in [4.78, 5) is 4.33. The third kappa shape index (κ3) is 4.02. The van der Waals surface area contributed by atoms with Crippen LogP contribution in [0, 0.1) is 5.41 Å². The van der Waals surface area contributed by atoms with Gasteiger partial charge in [-0.1, -0.05) is 41.9 Å². The average Bonchev–Trinajstić information content (AvgIpc) is 2.45. The molecule has 0 saturated carbocycles. The van der Waals surface area contributed by atoms with E-state index >= 15 is 0 Å². The van der Waals surface area contributed by atoms with Gasteiger partial charge in [-0.15, -0.1) is 0 Å². The highest BCUT2D eigenvalue weighted by molar-refractivity contribution is 9.09. The Balaban J connectivity index is 2.30. The Kier molecular flexibility index (Phi) is 5.01. The number of nitrogens with zero attached hydrogens (tertiary/aromatic N) is 1. The van der Waals surface area contributed by atoms with Crippen LogP contribution in [0.2, 0.25) is 0 Å². The van der Waals surface area contributed by atoms with Crippen LogP contribution >= 0.6 is 15.9 Å². The number of pyridine rings is 1. The number of rotatable bonds is 6. The molecule has 0 radical (unpaired) electrons. The molecule has 0 amide bonds. The minimum Gasteiger partial charge on any atom is -0.264 e. The smallest absolute Gasteiger partial charge is 0.241 e. The SMILES string of the molecule is CC(C)(CCBr)CNS(=O)(=O)c1cccc2cnccc12. The lowest BCUT2D eigenvalue weighted by atomic mass is 9.91. The van der Waals surface area contributed by atoms with Crippen LogP contribution in [-0.2, 0) is 10.0 Å². The van der Waals surface area contributed by atoms with Crippen molar-refractivity contribution in [1.82, 2.24) is 9.71 Å². The van der Waals surface area contributed by atoms with Crippen molar-refractivity contribution in [2.75, 3.05) is 11.9 Å². The van der Waals surface area contributed by atoms with Crippen molar-refractivity contribution in [2.24, 2.45) is 5.41 Å². The summed E-state index contributed by atoms with van der Waals surface area (Å²) in [6.45, 7) is 4.50. The monoisotopic (exact) mass is 370 g/mol. The maximum absolute atomic E-state index is 12.6. The number of benzene rings is 1. The molecule has 1 heterocycles. The quantitative estimate of drug-likeness (QED) is 0.793. The first kappa shape index (κ1) is 16.4. The van der Waals surface area contributed by atoms with Gasteiger partial charge in [0.2, 0.25) is 10.0 Å². The van der Waals surface area contributed by atoms with Gasteiger partial charge in [-0.05, 0) is 24.0 Å². The maximum atomic E-state index is 12.6. The lowest BCUT2D eigenvalue weighted by molar-refractivity contribution is 0.354. The van der Waals surface area contributed by atoms with E-state index in [1.807, 2.05) is 19.9 Å². The van der Waals surface area contributed by atoms with E-state index in [0.29, 0.717) is 16.8 Å². The van der Waals surface area contributed by atoms with E-state index in [2.05, 4.69) is 25.6 Å². The van der Waals surface area contributed by atoms with Crippen LogP contribution in [0.15, 0.2) is 41.6 Å². The molecule has 6 heteroatoms. The van der Waals surface area contributed by atoms with Crippen LogP contribution < -0.4 is 4.72 Å². The van der Waals surface area contributed by atoms with Crippen LogP contribution in [0.4, 0.5) is 0 Å². The van der Waals surface area contributed by atoms with E-state index in [0.717, 1.165) is 17.1 Å². The fourth-order valence-corrected chi connectivity index (χ4v) is 4.58. The van der Waals surface area contributed by atoms with E-state index in [4.69, 9.17) is 0 Å². The summed E-state index contributed by atoms with van der Waals surface area (Å²) < 4.78 is 27.8. The van der Waals surface area contributed by atoms with Gasteiger partial charge in [0.15, 0.2) is 0 Å². The molecule has 0 unspecified atom stereocenters. The summed E-state index contributed by atoms with van der Waals surface area (Å²) in [5.74, 6) is 0. The zero-order chi connectivity index (χ0) is 15.5. The molecule has 2 aromatic rings. The normalized spacial score (nSPS) is 12.7. The van der Waals surface area contributed by atoms with Crippen LogP contribution in [0.3, 0.4) is 0 Å². The van der Waals surface area contributed by atoms with Gasteiger partial charge in [-0.3, -0.25) is 4.98 Å². The Labute approximate surface area is 134 Å². The number of sulfonamides is 1. The summed E-state index contributed by atoms with van der Waals surface area (Å²) >= 11 is 3.40. The number of fused-ring (bicyclic) bond motifs is 1. The summed E-state index contributed by atoms with van der Waals surface area (Å²) in [5.41, 5.74) is -0.0945. The van der Waals surface area contributed by atoms with E-state index in [1.165, 1.54) is 0 Å². The van der Waals surface area contributed by atoms with Gasteiger partial charge < -0.3 is 0 Å². The van der Waals surface area contributed by atoms with Gasteiger partial charge in [0.05, 0.1) is 4.90 Å². The molecular weight excluding hydrogens is 352 g/mol. The largest absolute Gasteiger partial charge is 0.264 e. The molecule has 0 spiro atoms. The van der Waals surface area contributed by atoms with Crippen LogP contribution in [-0.4, -0.2) is 25.3 Å². The Bertz CT molecular complexity index is 724. The van der Waals surface area contributed by atoms with Crippen molar-refractivity contribution >= 4 is 36.7 Å². The summed E-state index contributed by atoms with van der Waals surface area (Å²) in [7, 11) is -3.53. The highest BCUT2D eigenvalue weighted by Crippen LogP contribution is 2.24. The fraction of sp³-hybridized carbons (Fsp3) is 0.400. The van der Waals surface area contributed by atoms with Crippen molar-refractivity contribution in [1.29, 1.82) is 0 Å². The van der Waals surface area contributed by atoms with Crippen molar-refractivity contribution in [3.8, 4) is 0 Å². The maximum Gasteiger partial charge on any atom is 0.241 e. The molecule has 0 bridgehead atoms. The Morgan fingerprint density at radius 1 is 1.29 bits per heavy atom. The van der Waals surface area contributed by atoms with E-state index in [9.17, 15) is 8.42 Å². The summed E-state index contributed by atoms with van der Waals surface area (Å²) in [6.07, 6.45) is 4.17. The van der Waals surface area contributed by atoms with Gasteiger partial charge in [0.25, 0.3) is 0 Å². The molecule has 1 N–H and O–H groups in total. The molecule has 1 aromatic heterocycles. The minimum absolute atomic E-state index is 0.0945. The topological polar surface area (TPSA) is 59.1 Å². The van der Waals surface area contributed by atoms with E-state index in [1.54, 1.807) is 30.6 Å². The molecule has 0 saturated heterocycles. The van der Waals surface area contributed by atoms with Crippen molar-refractivity contribution < 1.29 is 8.42 Å². The van der Waals surface area contributed by atoms with Gasteiger partial charge >= 0.3 is 0 Å². The number of hydrogen-bond donors (Lipinski definition) is 1. The Morgan fingerprint density at radius 2 is 2.05 bits per heavy atom. The van der Waals surface area contributed by atoms with E-state index < -0.39 is 10.0 Å². The molecular formula is C15H19BrN2O2S. The average molecular weight is 371 g/mol. The van der Waals surface area contributed by atoms with Crippen LogP contribution in [0.25, 0.3) is 10.8 Å². The van der Waals surface area contributed by atoms with Crippen molar-refractivity contribution in [3.05, 3.63) is 36.7 Å². The van der Waals surface area contributed by atoms with Crippen molar-refractivity contribution in [3.63, 3.8) is 0 Å². The van der Waals surface area contributed by atoms with E-state index in [-0.39, 0.29) is 5.41 Å². The fourth-order valence-electron chi connectivity index (χ4n) is 2.04. The third-order valence-electron chi connectivity index (χ3n) is 3.44. The van der Waals surface area contributed by atoms with Gasteiger partial charge in [0.1, 0.15) is 0 Å². The number of nitrogens with one attached hydrogen (secondary N) is 1. The highest BCUT2D eigenvalue weighted by atomic mass is 79.9. The second-order valence-corrected chi connectivity index (χ2v) is 8.31. The number of halogens is 1. The summed E-state index contributed by atoms with van der Waals surface area (Å²) in [6, 6.07) is 6.95. The summed E-state index contributed by atoms with van der Waals surface area (Å²) in [5, 5.41) is 2.36. The molecule has 114 valence electrons. The molecule has 0 aliphatic rings. The predicted octanol–water partition coefficient (Wildman–Crippen LogP) is 3.32.